The number of nitrogens with zero attached hydrogens (tertiary/aromatic N) is 2. The zero-order chi connectivity index (χ0) is 23.9. The van der Waals surface area contributed by atoms with E-state index in [1.807, 2.05) is 0 Å². The van der Waals surface area contributed by atoms with Gasteiger partial charge in [0.1, 0.15) is 0 Å². The molecule has 0 N–H and O–H groups in total. The minimum absolute atomic E-state index is 0.145. The number of sulfonamides is 1. The van der Waals surface area contributed by atoms with E-state index in [1.54, 1.807) is 0 Å². The zero-order valence-corrected chi connectivity index (χ0v) is 17.6. The van der Waals surface area contributed by atoms with Gasteiger partial charge in [-0.1, -0.05) is 17.7 Å². The van der Waals surface area contributed by atoms with E-state index in [9.17, 15) is 39.6 Å². The zero-order valence-electron chi connectivity index (χ0n) is 16.0. The van der Waals surface area contributed by atoms with Crippen molar-refractivity contribution in [2.24, 2.45) is 0 Å². The van der Waals surface area contributed by atoms with Crippen LogP contribution in [0.1, 0.15) is 21.5 Å². The highest BCUT2D eigenvalue weighted by atomic mass is 35.5. The lowest BCUT2D eigenvalue weighted by Crippen LogP contribution is -2.50. The summed E-state index contributed by atoms with van der Waals surface area (Å²) in [4.78, 5) is 13.1. The number of alkyl halides is 6. The number of piperazine rings is 1. The van der Waals surface area contributed by atoms with E-state index in [0.717, 1.165) is 28.6 Å². The highest BCUT2D eigenvalue weighted by Gasteiger charge is 2.37. The average molecular weight is 501 g/mol. The molecule has 0 spiro atoms. The van der Waals surface area contributed by atoms with Gasteiger partial charge in [-0.25, -0.2) is 8.42 Å². The van der Waals surface area contributed by atoms with Gasteiger partial charge in [0.2, 0.25) is 10.0 Å². The maximum Gasteiger partial charge on any atom is 0.417 e. The molecule has 0 atom stereocenters. The van der Waals surface area contributed by atoms with Crippen molar-refractivity contribution in [1.82, 2.24) is 9.21 Å². The van der Waals surface area contributed by atoms with Gasteiger partial charge >= 0.3 is 12.4 Å². The van der Waals surface area contributed by atoms with E-state index in [4.69, 9.17) is 11.6 Å². The van der Waals surface area contributed by atoms with Crippen molar-refractivity contribution in [3.05, 3.63) is 64.2 Å². The van der Waals surface area contributed by atoms with Crippen molar-refractivity contribution < 1.29 is 39.6 Å². The quantitative estimate of drug-likeness (QED) is 0.582. The Kier molecular flexibility index (Phi) is 6.51. The number of amides is 1. The third-order valence-corrected chi connectivity index (χ3v) is 7.07. The molecule has 2 aromatic rings. The van der Waals surface area contributed by atoms with Crippen molar-refractivity contribution in [2.75, 3.05) is 26.2 Å². The van der Waals surface area contributed by atoms with Crippen molar-refractivity contribution in [1.29, 1.82) is 0 Å². The summed E-state index contributed by atoms with van der Waals surface area (Å²) in [5.41, 5.74) is -2.49. The molecule has 1 heterocycles. The monoisotopic (exact) mass is 500 g/mol. The Balaban J connectivity index is 1.75. The van der Waals surface area contributed by atoms with Gasteiger partial charge in [0.25, 0.3) is 5.91 Å². The smallest absolute Gasteiger partial charge is 0.336 e. The van der Waals surface area contributed by atoms with Crippen LogP contribution in [0.3, 0.4) is 0 Å². The Morgan fingerprint density at radius 2 is 1.50 bits per heavy atom. The van der Waals surface area contributed by atoms with Gasteiger partial charge in [0.15, 0.2) is 0 Å². The van der Waals surface area contributed by atoms with Crippen LogP contribution >= 0.6 is 11.6 Å². The topological polar surface area (TPSA) is 57.7 Å². The standard InChI is InChI=1S/C19H15ClF6N2O3S/c20-16-5-4-14(11-15(16)19(24,25)26)32(30,31)28-8-6-27(7-9-28)17(29)12-2-1-3-13(10-12)18(21,22)23/h1-5,10-11H,6-9H2. The lowest BCUT2D eigenvalue weighted by atomic mass is 10.1. The summed E-state index contributed by atoms with van der Waals surface area (Å²) in [5, 5.41) is -0.645. The first-order valence-electron chi connectivity index (χ1n) is 9.04. The largest absolute Gasteiger partial charge is 0.417 e. The van der Waals surface area contributed by atoms with E-state index < -0.39 is 49.3 Å². The molecule has 0 aliphatic carbocycles. The van der Waals surface area contributed by atoms with Gasteiger partial charge in [-0.3, -0.25) is 4.79 Å². The molecule has 1 amide bonds. The molecule has 1 fully saturated rings. The molecular weight excluding hydrogens is 486 g/mol. The molecular formula is C19H15ClF6N2O3S. The van der Waals surface area contributed by atoms with Crippen LogP contribution in [0.2, 0.25) is 5.02 Å². The van der Waals surface area contributed by atoms with Crippen LogP contribution in [-0.2, 0) is 22.4 Å². The second-order valence-electron chi connectivity index (χ2n) is 6.91. The van der Waals surface area contributed by atoms with Crippen molar-refractivity contribution in [3.63, 3.8) is 0 Å². The minimum atomic E-state index is -4.85. The summed E-state index contributed by atoms with van der Waals surface area (Å²) in [7, 11) is -4.31. The van der Waals surface area contributed by atoms with Crippen molar-refractivity contribution >= 4 is 27.5 Å². The van der Waals surface area contributed by atoms with E-state index in [1.165, 1.54) is 11.0 Å². The highest BCUT2D eigenvalue weighted by Crippen LogP contribution is 2.36. The molecule has 0 saturated carbocycles. The summed E-state index contributed by atoms with van der Waals surface area (Å²) in [6.07, 6.45) is -9.48. The highest BCUT2D eigenvalue weighted by molar-refractivity contribution is 7.89. The van der Waals surface area contributed by atoms with Crippen LogP contribution in [0, 0.1) is 0 Å². The van der Waals surface area contributed by atoms with Crippen molar-refractivity contribution in [3.8, 4) is 0 Å². The number of carbonyl (C=O) groups excluding carboxylic acids is 1. The Labute approximate surface area is 184 Å². The number of rotatable bonds is 3. The maximum absolute atomic E-state index is 13.1. The first-order chi connectivity index (χ1) is 14.7. The van der Waals surface area contributed by atoms with Crippen LogP contribution < -0.4 is 0 Å². The molecule has 13 heteroatoms. The lowest BCUT2D eigenvalue weighted by Gasteiger charge is -2.34. The molecule has 1 saturated heterocycles. The number of benzene rings is 2. The van der Waals surface area contributed by atoms with E-state index in [0.29, 0.717) is 12.1 Å². The number of hydrogen-bond acceptors (Lipinski definition) is 3. The second-order valence-corrected chi connectivity index (χ2v) is 9.26. The van der Waals surface area contributed by atoms with Gasteiger partial charge in [0, 0.05) is 31.7 Å². The molecule has 32 heavy (non-hydrogen) atoms. The third-order valence-electron chi connectivity index (χ3n) is 4.84. The molecule has 1 aliphatic rings. The molecule has 0 radical (unpaired) electrons. The fraction of sp³-hybridized carbons (Fsp3) is 0.316. The Morgan fingerprint density at radius 3 is 2.06 bits per heavy atom. The number of hydrogen-bond donors (Lipinski definition) is 0. The van der Waals surface area contributed by atoms with Gasteiger partial charge in [0.05, 0.1) is 21.0 Å². The average Bonchev–Trinajstić information content (AvgIpc) is 2.72. The summed E-state index contributed by atoms with van der Waals surface area (Å²) in [5.74, 6) is -0.709. The number of halogens is 7. The summed E-state index contributed by atoms with van der Waals surface area (Å²) in [6, 6.07) is 6.07. The third kappa shape index (κ3) is 5.02. The van der Waals surface area contributed by atoms with Gasteiger partial charge < -0.3 is 4.90 Å². The molecule has 2 aromatic carbocycles. The van der Waals surface area contributed by atoms with E-state index in [2.05, 4.69) is 0 Å². The fourth-order valence-electron chi connectivity index (χ4n) is 3.17. The van der Waals surface area contributed by atoms with Crippen LogP contribution in [0.5, 0.6) is 0 Å². The van der Waals surface area contributed by atoms with Gasteiger partial charge in [-0.2, -0.15) is 30.6 Å². The summed E-state index contributed by atoms with van der Waals surface area (Å²) >= 11 is 5.53. The second kappa shape index (κ2) is 8.56. The summed E-state index contributed by atoms with van der Waals surface area (Å²) < 4.78 is 104. The first-order valence-corrected chi connectivity index (χ1v) is 10.9. The molecule has 1 aliphatic heterocycles. The van der Waals surface area contributed by atoms with Crippen LogP contribution in [0.25, 0.3) is 0 Å². The molecule has 174 valence electrons. The van der Waals surface area contributed by atoms with Crippen molar-refractivity contribution in [2.45, 2.75) is 17.2 Å². The molecule has 5 nitrogen and oxygen atoms in total. The fourth-order valence-corrected chi connectivity index (χ4v) is 4.85. The van der Waals surface area contributed by atoms with Gasteiger partial charge in [-0.05, 0) is 36.4 Å². The maximum atomic E-state index is 13.1. The minimum Gasteiger partial charge on any atom is -0.336 e. The Morgan fingerprint density at radius 1 is 0.875 bits per heavy atom. The predicted octanol–water partition coefficient (Wildman–Crippen LogP) is 4.52. The first kappa shape index (κ1) is 24.3. The SMILES string of the molecule is O=C(c1cccc(C(F)(F)F)c1)N1CCN(S(=O)(=O)c2ccc(Cl)c(C(F)(F)F)c2)CC1. The van der Waals surface area contributed by atoms with Crippen LogP contribution in [-0.4, -0.2) is 49.7 Å². The molecule has 0 bridgehead atoms. The predicted molar refractivity (Wildman–Crippen MR) is 103 cm³/mol. The molecule has 0 unspecified atom stereocenters. The van der Waals surface area contributed by atoms with Gasteiger partial charge in [-0.15, -0.1) is 0 Å². The Hall–Kier alpha value is -2.31. The molecule has 0 aromatic heterocycles. The summed E-state index contributed by atoms with van der Waals surface area (Å²) in [6.45, 7) is -0.768. The Bertz CT molecular complexity index is 1130. The lowest BCUT2D eigenvalue weighted by molar-refractivity contribution is -0.138. The van der Waals surface area contributed by atoms with E-state index in [-0.39, 0.29) is 31.7 Å². The normalized spacial score (nSPS) is 16.3. The van der Waals surface area contributed by atoms with Crippen LogP contribution in [0.4, 0.5) is 26.3 Å². The van der Waals surface area contributed by atoms with E-state index >= 15 is 0 Å². The number of carbonyl (C=O) groups is 1. The van der Waals surface area contributed by atoms with Crippen LogP contribution in [0.15, 0.2) is 47.4 Å². The molecule has 3 rings (SSSR count).